The van der Waals surface area contributed by atoms with Crippen LogP contribution in [0.25, 0.3) is 22.3 Å². The molecule has 0 saturated carbocycles. The summed E-state index contributed by atoms with van der Waals surface area (Å²) >= 11 is 1.81. The molecule has 0 saturated heterocycles. The Morgan fingerprint density at radius 2 is 1.83 bits per heavy atom. The van der Waals surface area contributed by atoms with Crippen molar-refractivity contribution in [3.8, 4) is 22.3 Å². The highest BCUT2D eigenvalue weighted by atomic mass is 32.2. The van der Waals surface area contributed by atoms with E-state index in [1.54, 1.807) is 6.20 Å². The van der Waals surface area contributed by atoms with Crippen LogP contribution in [-0.2, 0) is 0 Å². The fourth-order valence-electron chi connectivity index (χ4n) is 3.10. The number of anilines is 1. The molecule has 0 atom stereocenters. The van der Waals surface area contributed by atoms with Gasteiger partial charge in [-0.15, -0.1) is 11.8 Å². The minimum absolute atomic E-state index is 0.0775. The smallest absolute Gasteiger partial charge is 0.251 e. The van der Waals surface area contributed by atoms with Crippen LogP contribution in [0.2, 0.25) is 0 Å². The second-order valence-corrected chi connectivity index (χ2v) is 8.59. The molecule has 0 radical (unpaired) electrons. The van der Waals surface area contributed by atoms with Gasteiger partial charge in [0.25, 0.3) is 5.91 Å². The summed E-state index contributed by atoms with van der Waals surface area (Å²) in [6.07, 6.45) is 1.75. The van der Waals surface area contributed by atoms with Crippen molar-refractivity contribution in [2.45, 2.75) is 11.8 Å². The topological polar surface area (TPSA) is 71.2 Å². The van der Waals surface area contributed by atoms with Crippen LogP contribution in [0.5, 0.6) is 0 Å². The Balaban J connectivity index is 1.84. The number of nitrogens with two attached hydrogens (primary N) is 1. The van der Waals surface area contributed by atoms with E-state index in [2.05, 4.69) is 41.5 Å². The highest BCUT2D eigenvalue weighted by Gasteiger charge is 2.10. The fourth-order valence-corrected chi connectivity index (χ4v) is 3.76. The summed E-state index contributed by atoms with van der Waals surface area (Å²) in [5, 5.41) is 2.95. The third-order valence-corrected chi connectivity index (χ3v) is 5.59. The molecular formula is C24H28N4OS. The molecule has 2 aromatic carbocycles. The fraction of sp³-hybridized carbons (Fsp3) is 0.250. The molecule has 0 spiro atoms. The summed E-state index contributed by atoms with van der Waals surface area (Å²) in [4.78, 5) is 20.1. The molecule has 6 heteroatoms. The van der Waals surface area contributed by atoms with Crippen molar-refractivity contribution >= 4 is 23.5 Å². The number of hydrogen-bond acceptors (Lipinski definition) is 5. The number of aromatic nitrogens is 1. The summed E-state index contributed by atoms with van der Waals surface area (Å²) in [6.45, 7) is 3.54. The van der Waals surface area contributed by atoms with E-state index in [0.717, 1.165) is 34.6 Å². The lowest BCUT2D eigenvalue weighted by Crippen LogP contribution is -2.31. The van der Waals surface area contributed by atoms with Gasteiger partial charge in [0.2, 0.25) is 0 Å². The summed E-state index contributed by atoms with van der Waals surface area (Å²) in [5.41, 5.74) is 10.6. The molecule has 30 heavy (non-hydrogen) atoms. The zero-order valence-electron chi connectivity index (χ0n) is 17.7. The number of pyridine rings is 1. The summed E-state index contributed by atoms with van der Waals surface area (Å²) in [7, 11) is 3.96. The van der Waals surface area contributed by atoms with Gasteiger partial charge in [-0.05, 0) is 61.3 Å². The number of carbonyl (C=O) groups is 1. The number of hydrogen-bond donors (Lipinski definition) is 2. The summed E-state index contributed by atoms with van der Waals surface area (Å²) in [6, 6.07) is 18.0. The van der Waals surface area contributed by atoms with E-state index >= 15 is 0 Å². The molecule has 1 aromatic heterocycles. The zero-order chi connectivity index (χ0) is 21.5. The number of amides is 1. The van der Waals surface area contributed by atoms with Crippen molar-refractivity contribution < 1.29 is 4.79 Å². The van der Waals surface area contributed by atoms with Crippen LogP contribution in [0.3, 0.4) is 0 Å². The van der Waals surface area contributed by atoms with E-state index in [9.17, 15) is 4.79 Å². The summed E-state index contributed by atoms with van der Waals surface area (Å²) < 4.78 is 0. The second kappa shape index (κ2) is 10.3. The number of carbonyl (C=O) groups excluding carboxylic acids is 1. The number of nitrogens with zero attached hydrogens (tertiary/aromatic N) is 2. The Bertz CT molecular complexity index is 1000. The third kappa shape index (κ3) is 5.62. The number of nitrogen functional groups attached to an aromatic ring is 1. The van der Waals surface area contributed by atoms with Crippen LogP contribution >= 0.6 is 11.8 Å². The monoisotopic (exact) mass is 420 g/mol. The Morgan fingerprint density at radius 3 is 2.53 bits per heavy atom. The minimum Gasteiger partial charge on any atom is -0.383 e. The Morgan fingerprint density at radius 1 is 1.07 bits per heavy atom. The lowest BCUT2D eigenvalue weighted by Gasteiger charge is -2.12. The van der Waals surface area contributed by atoms with Crippen molar-refractivity contribution in [2.24, 2.45) is 0 Å². The number of rotatable bonds is 8. The predicted octanol–water partition coefficient (Wildman–Crippen LogP) is 4.40. The molecule has 0 bridgehead atoms. The highest BCUT2D eigenvalue weighted by molar-refractivity contribution is 7.99. The van der Waals surface area contributed by atoms with Gasteiger partial charge < -0.3 is 16.0 Å². The van der Waals surface area contributed by atoms with Crippen molar-refractivity contribution in [1.29, 1.82) is 0 Å². The van der Waals surface area contributed by atoms with Gasteiger partial charge in [-0.2, -0.15) is 0 Å². The molecule has 0 fully saturated rings. The van der Waals surface area contributed by atoms with E-state index in [0.29, 0.717) is 17.9 Å². The lowest BCUT2D eigenvalue weighted by atomic mass is 9.99. The Hall–Kier alpha value is -2.83. The molecular weight excluding hydrogens is 392 g/mol. The van der Waals surface area contributed by atoms with Crippen molar-refractivity contribution in [3.63, 3.8) is 0 Å². The first-order valence-electron chi connectivity index (χ1n) is 10.00. The molecule has 3 rings (SSSR count). The average molecular weight is 421 g/mol. The van der Waals surface area contributed by atoms with Gasteiger partial charge in [-0.25, -0.2) is 4.98 Å². The van der Waals surface area contributed by atoms with E-state index in [-0.39, 0.29) is 5.91 Å². The van der Waals surface area contributed by atoms with Crippen molar-refractivity contribution in [2.75, 3.05) is 38.7 Å². The van der Waals surface area contributed by atoms with Gasteiger partial charge in [-0.1, -0.05) is 31.2 Å². The van der Waals surface area contributed by atoms with E-state index in [1.807, 2.05) is 61.1 Å². The Kier molecular flexibility index (Phi) is 7.49. The van der Waals surface area contributed by atoms with Gasteiger partial charge in [0.05, 0.1) is 0 Å². The first-order valence-corrected chi connectivity index (χ1v) is 11.0. The largest absolute Gasteiger partial charge is 0.383 e. The molecule has 3 aromatic rings. The summed E-state index contributed by atoms with van der Waals surface area (Å²) in [5.74, 6) is 1.45. The molecule has 0 unspecified atom stereocenters. The van der Waals surface area contributed by atoms with Gasteiger partial charge in [-0.3, -0.25) is 4.79 Å². The molecule has 3 N–H and O–H groups in total. The van der Waals surface area contributed by atoms with Gasteiger partial charge in [0.1, 0.15) is 5.82 Å². The zero-order valence-corrected chi connectivity index (χ0v) is 18.5. The van der Waals surface area contributed by atoms with Crippen LogP contribution in [0.4, 0.5) is 5.82 Å². The maximum atomic E-state index is 12.5. The third-order valence-electron chi connectivity index (χ3n) is 4.70. The predicted molar refractivity (Wildman–Crippen MR) is 127 cm³/mol. The van der Waals surface area contributed by atoms with Gasteiger partial charge in [0.15, 0.2) is 0 Å². The molecule has 5 nitrogen and oxygen atoms in total. The first kappa shape index (κ1) is 21.9. The lowest BCUT2D eigenvalue weighted by molar-refractivity contribution is 0.0951. The maximum absolute atomic E-state index is 12.5. The van der Waals surface area contributed by atoms with Crippen molar-refractivity contribution in [1.82, 2.24) is 15.2 Å². The van der Waals surface area contributed by atoms with Gasteiger partial charge >= 0.3 is 0 Å². The molecule has 1 amide bonds. The van der Waals surface area contributed by atoms with Crippen LogP contribution in [0.1, 0.15) is 17.3 Å². The molecule has 156 valence electrons. The van der Waals surface area contributed by atoms with Crippen LogP contribution in [-0.4, -0.2) is 48.7 Å². The van der Waals surface area contributed by atoms with E-state index in [4.69, 9.17) is 5.73 Å². The SMILES string of the molecule is CCSc1ccc(-c2cc(-c3cccc(C(=O)NCCN(C)C)c3)cnc2N)cc1. The van der Waals surface area contributed by atoms with E-state index in [1.165, 1.54) is 4.90 Å². The van der Waals surface area contributed by atoms with Crippen LogP contribution < -0.4 is 11.1 Å². The first-order chi connectivity index (χ1) is 14.5. The number of likely N-dealkylation sites (N-methyl/N-ethyl adjacent to an activating group) is 1. The average Bonchev–Trinajstić information content (AvgIpc) is 2.75. The van der Waals surface area contributed by atoms with Crippen molar-refractivity contribution in [3.05, 3.63) is 66.4 Å². The molecule has 1 heterocycles. The molecule has 0 aliphatic carbocycles. The normalized spacial score (nSPS) is 10.9. The number of benzene rings is 2. The van der Waals surface area contributed by atoms with Crippen LogP contribution in [0.15, 0.2) is 65.7 Å². The molecule has 0 aliphatic heterocycles. The highest BCUT2D eigenvalue weighted by Crippen LogP contribution is 2.31. The van der Waals surface area contributed by atoms with Gasteiger partial charge in [0, 0.05) is 40.9 Å². The maximum Gasteiger partial charge on any atom is 0.251 e. The Labute approximate surface area is 182 Å². The van der Waals surface area contributed by atoms with E-state index < -0.39 is 0 Å². The minimum atomic E-state index is -0.0775. The second-order valence-electron chi connectivity index (χ2n) is 7.25. The quantitative estimate of drug-likeness (QED) is 0.529. The van der Waals surface area contributed by atoms with Crippen LogP contribution in [0, 0.1) is 0 Å². The molecule has 0 aliphatic rings. The standard InChI is InChI=1S/C24H28N4OS/c1-4-30-21-10-8-17(9-11-21)22-15-20(16-27-23(22)25)18-6-5-7-19(14-18)24(29)26-12-13-28(2)3/h5-11,14-16H,4,12-13H2,1-3H3,(H2,25,27)(H,26,29). The number of nitrogens with one attached hydrogen (secondary N) is 1. The number of thioether (sulfide) groups is 1.